The summed E-state index contributed by atoms with van der Waals surface area (Å²) in [7, 11) is 0. The summed E-state index contributed by atoms with van der Waals surface area (Å²) in [5.74, 6) is 0.399. The molecule has 1 aromatic carbocycles. The van der Waals surface area contributed by atoms with Crippen LogP contribution in [0.1, 0.15) is 43.0 Å². The molecule has 6 heteroatoms. The third-order valence-corrected chi connectivity index (χ3v) is 5.18. The van der Waals surface area contributed by atoms with Gasteiger partial charge in [0, 0.05) is 55.7 Å². The summed E-state index contributed by atoms with van der Waals surface area (Å²) in [5, 5.41) is 9.41. The first-order valence-corrected chi connectivity index (χ1v) is 9.09. The highest BCUT2D eigenvalue weighted by atomic mass is 16.2. The molecular weight excluding hydrogens is 316 g/mol. The molecule has 4 rings (SSSR count). The van der Waals surface area contributed by atoms with Crippen molar-refractivity contribution in [2.75, 3.05) is 24.6 Å². The van der Waals surface area contributed by atoms with Crippen LogP contribution in [-0.2, 0) is 4.79 Å². The number of nitrogens with one attached hydrogen (secondary N) is 1. The minimum Gasteiger partial charge on any atom is -0.352 e. The van der Waals surface area contributed by atoms with Gasteiger partial charge in [0.1, 0.15) is 0 Å². The van der Waals surface area contributed by atoms with Gasteiger partial charge in [0.2, 0.25) is 5.91 Å². The quantitative estimate of drug-likeness (QED) is 0.892. The van der Waals surface area contributed by atoms with Crippen LogP contribution >= 0.6 is 0 Å². The van der Waals surface area contributed by atoms with Crippen LogP contribution in [0.3, 0.4) is 0 Å². The number of benzene rings is 1. The van der Waals surface area contributed by atoms with Gasteiger partial charge in [-0.3, -0.25) is 14.6 Å². The van der Waals surface area contributed by atoms with Crippen LogP contribution in [0.4, 0.5) is 5.69 Å². The number of rotatable bonds is 5. The lowest BCUT2D eigenvalue weighted by atomic mass is 10.1. The van der Waals surface area contributed by atoms with Gasteiger partial charge in [0.25, 0.3) is 5.91 Å². The molecule has 2 heterocycles. The molecule has 1 saturated heterocycles. The summed E-state index contributed by atoms with van der Waals surface area (Å²) in [6, 6.07) is 8.02. The summed E-state index contributed by atoms with van der Waals surface area (Å²) in [6.45, 7) is 4.27. The van der Waals surface area contributed by atoms with Crippen molar-refractivity contribution in [2.45, 2.75) is 38.6 Å². The predicted octanol–water partition coefficient (Wildman–Crippen LogP) is 2.01. The van der Waals surface area contributed by atoms with E-state index in [4.69, 9.17) is 0 Å². The first-order chi connectivity index (χ1) is 12.1. The van der Waals surface area contributed by atoms with E-state index in [1.54, 1.807) is 0 Å². The van der Waals surface area contributed by atoms with Gasteiger partial charge in [0.05, 0.1) is 5.69 Å². The number of hydrogen-bond acceptors (Lipinski definition) is 4. The van der Waals surface area contributed by atoms with Gasteiger partial charge in [-0.1, -0.05) is 0 Å². The molecule has 2 amide bonds. The molecule has 25 heavy (non-hydrogen) atoms. The van der Waals surface area contributed by atoms with Crippen molar-refractivity contribution >= 4 is 23.2 Å². The summed E-state index contributed by atoms with van der Waals surface area (Å²) in [5.41, 5.74) is 2.79. The zero-order chi connectivity index (χ0) is 17.4. The lowest BCUT2D eigenvalue weighted by Crippen LogP contribution is -2.32. The molecule has 132 valence electrons. The number of likely N-dealkylation sites (tertiary alicyclic amines) is 1. The van der Waals surface area contributed by atoms with E-state index in [1.807, 2.05) is 41.1 Å². The zero-order valence-corrected chi connectivity index (χ0v) is 14.6. The van der Waals surface area contributed by atoms with Crippen LogP contribution in [0.5, 0.6) is 0 Å². The SMILES string of the molecule is CC1=NN(c2ccc(C(=O)NCC3CC(=O)N(C4CC4)C3)cc2)CC1. The molecule has 1 atom stereocenters. The van der Waals surface area contributed by atoms with Crippen LogP contribution in [0.25, 0.3) is 0 Å². The molecule has 0 bridgehead atoms. The predicted molar refractivity (Wildman–Crippen MR) is 96.7 cm³/mol. The van der Waals surface area contributed by atoms with E-state index < -0.39 is 0 Å². The summed E-state index contributed by atoms with van der Waals surface area (Å²) < 4.78 is 0. The smallest absolute Gasteiger partial charge is 0.251 e. The summed E-state index contributed by atoms with van der Waals surface area (Å²) >= 11 is 0. The monoisotopic (exact) mass is 340 g/mol. The number of hydrogen-bond donors (Lipinski definition) is 1. The maximum Gasteiger partial charge on any atom is 0.251 e. The van der Waals surface area contributed by atoms with Crippen molar-refractivity contribution in [3.05, 3.63) is 29.8 Å². The lowest BCUT2D eigenvalue weighted by molar-refractivity contribution is -0.128. The highest BCUT2D eigenvalue weighted by Gasteiger charge is 2.39. The van der Waals surface area contributed by atoms with E-state index in [9.17, 15) is 9.59 Å². The van der Waals surface area contributed by atoms with Crippen molar-refractivity contribution in [1.82, 2.24) is 10.2 Å². The van der Waals surface area contributed by atoms with Crippen LogP contribution in [-0.4, -0.2) is 48.1 Å². The molecule has 0 radical (unpaired) electrons. The Labute approximate surface area is 147 Å². The van der Waals surface area contributed by atoms with Gasteiger partial charge in [-0.2, -0.15) is 5.10 Å². The third-order valence-electron chi connectivity index (χ3n) is 5.18. The Kier molecular flexibility index (Phi) is 4.19. The molecule has 1 N–H and O–H groups in total. The number of carbonyl (C=O) groups is 2. The number of amides is 2. The van der Waals surface area contributed by atoms with Crippen LogP contribution in [0, 0.1) is 5.92 Å². The van der Waals surface area contributed by atoms with Gasteiger partial charge in [-0.15, -0.1) is 0 Å². The molecule has 1 saturated carbocycles. The Morgan fingerprint density at radius 2 is 2.04 bits per heavy atom. The van der Waals surface area contributed by atoms with Crippen molar-refractivity contribution in [3.8, 4) is 0 Å². The second-order valence-corrected chi connectivity index (χ2v) is 7.31. The molecule has 1 unspecified atom stereocenters. The molecule has 1 aliphatic carbocycles. The average molecular weight is 340 g/mol. The minimum atomic E-state index is -0.0787. The maximum absolute atomic E-state index is 12.3. The van der Waals surface area contributed by atoms with E-state index in [2.05, 4.69) is 10.4 Å². The van der Waals surface area contributed by atoms with E-state index in [1.165, 1.54) is 0 Å². The van der Waals surface area contributed by atoms with Crippen molar-refractivity contribution < 1.29 is 9.59 Å². The average Bonchev–Trinajstić information content (AvgIpc) is 3.26. The number of anilines is 1. The Balaban J connectivity index is 1.30. The second-order valence-electron chi connectivity index (χ2n) is 7.31. The van der Waals surface area contributed by atoms with E-state index in [0.29, 0.717) is 24.6 Å². The van der Waals surface area contributed by atoms with Crippen LogP contribution in [0.2, 0.25) is 0 Å². The van der Waals surface area contributed by atoms with Gasteiger partial charge >= 0.3 is 0 Å². The van der Waals surface area contributed by atoms with Gasteiger partial charge in [-0.05, 0) is 44.0 Å². The third kappa shape index (κ3) is 3.52. The molecule has 2 fully saturated rings. The fourth-order valence-corrected chi connectivity index (χ4v) is 3.57. The Hall–Kier alpha value is -2.37. The minimum absolute atomic E-state index is 0.0787. The molecular formula is C19H24N4O2. The van der Waals surface area contributed by atoms with Gasteiger partial charge < -0.3 is 10.2 Å². The molecule has 0 spiro atoms. The zero-order valence-electron chi connectivity index (χ0n) is 14.6. The molecule has 6 nitrogen and oxygen atoms in total. The Morgan fingerprint density at radius 1 is 1.28 bits per heavy atom. The highest BCUT2D eigenvalue weighted by Crippen LogP contribution is 2.32. The van der Waals surface area contributed by atoms with Crippen LogP contribution in [0.15, 0.2) is 29.4 Å². The highest BCUT2D eigenvalue weighted by molar-refractivity contribution is 5.94. The number of nitrogens with zero attached hydrogens (tertiary/aromatic N) is 3. The van der Waals surface area contributed by atoms with Crippen LogP contribution < -0.4 is 10.3 Å². The molecule has 3 aliphatic rings. The van der Waals surface area contributed by atoms with Crippen molar-refractivity contribution in [2.24, 2.45) is 11.0 Å². The number of carbonyl (C=O) groups excluding carboxylic acids is 2. The van der Waals surface area contributed by atoms with E-state index in [-0.39, 0.29) is 17.7 Å². The Bertz CT molecular complexity index is 709. The van der Waals surface area contributed by atoms with E-state index >= 15 is 0 Å². The standard InChI is InChI=1S/C19H24N4O2/c1-13-8-9-23(21-13)17-4-2-15(3-5-17)19(25)20-11-14-10-18(24)22(12-14)16-6-7-16/h2-5,14,16H,6-12H2,1H3,(H,20,25). The first kappa shape index (κ1) is 16.1. The molecule has 0 aromatic heterocycles. The number of hydrazone groups is 1. The molecule has 2 aliphatic heterocycles. The second kappa shape index (κ2) is 6.50. The Morgan fingerprint density at radius 3 is 2.68 bits per heavy atom. The normalized spacial score (nSPS) is 23.2. The van der Waals surface area contributed by atoms with Crippen molar-refractivity contribution in [1.29, 1.82) is 0 Å². The van der Waals surface area contributed by atoms with Crippen molar-refractivity contribution in [3.63, 3.8) is 0 Å². The fraction of sp³-hybridized carbons (Fsp3) is 0.526. The summed E-state index contributed by atoms with van der Waals surface area (Å²) in [6.07, 6.45) is 3.82. The lowest BCUT2D eigenvalue weighted by Gasteiger charge is -2.16. The summed E-state index contributed by atoms with van der Waals surface area (Å²) in [4.78, 5) is 26.3. The molecule has 1 aromatic rings. The fourth-order valence-electron chi connectivity index (χ4n) is 3.57. The van der Waals surface area contributed by atoms with Gasteiger partial charge in [0.15, 0.2) is 0 Å². The topological polar surface area (TPSA) is 65.0 Å². The largest absolute Gasteiger partial charge is 0.352 e. The van der Waals surface area contributed by atoms with Gasteiger partial charge in [-0.25, -0.2) is 0 Å². The van der Waals surface area contributed by atoms with E-state index in [0.717, 1.165) is 43.8 Å². The first-order valence-electron chi connectivity index (χ1n) is 9.09. The maximum atomic E-state index is 12.3.